The first-order chi connectivity index (χ1) is 5.36. The molecular formula is C11H20Si. The molecule has 1 aliphatic carbocycles. The highest BCUT2D eigenvalue weighted by atomic mass is 28.3. The van der Waals surface area contributed by atoms with Crippen LogP contribution in [0.25, 0.3) is 0 Å². The van der Waals surface area contributed by atoms with Crippen molar-refractivity contribution in [3.05, 3.63) is 23.4 Å². The summed E-state index contributed by atoms with van der Waals surface area (Å²) in [5.41, 5.74) is 0. The predicted octanol–water partition coefficient (Wildman–Crippen LogP) is 3.92. The molecule has 0 aromatic carbocycles. The zero-order valence-electron chi connectivity index (χ0n) is 8.94. The summed E-state index contributed by atoms with van der Waals surface area (Å²) in [7, 11) is -1.17. The zero-order chi connectivity index (χ0) is 9.41. The molecule has 0 unspecified atom stereocenters. The Balaban J connectivity index is 2.86. The Morgan fingerprint density at radius 3 is 2.17 bits per heavy atom. The maximum atomic E-state index is 2.48. The van der Waals surface area contributed by atoms with Gasteiger partial charge in [0.1, 0.15) is 0 Å². The van der Waals surface area contributed by atoms with Gasteiger partial charge in [-0.1, -0.05) is 57.3 Å². The maximum Gasteiger partial charge on any atom is 0.0811 e. The minimum absolute atomic E-state index is 0.491. The van der Waals surface area contributed by atoms with E-state index in [4.69, 9.17) is 0 Å². The Hall–Kier alpha value is -0.303. The average Bonchev–Trinajstić information content (AvgIpc) is 2.34. The van der Waals surface area contributed by atoms with Crippen LogP contribution in [0.2, 0.25) is 18.1 Å². The molecule has 0 atom stereocenters. The predicted molar refractivity (Wildman–Crippen MR) is 59.0 cm³/mol. The van der Waals surface area contributed by atoms with Crippen LogP contribution in [0.5, 0.6) is 0 Å². The fourth-order valence-corrected chi connectivity index (χ4v) is 3.50. The molecule has 1 heteroatoms. The highest BCUT2D eigenvalue weighted by molar-refractivity contribution is 6.86. The number of hydrogen-bond donors (Lipinski definition) is 0. The highest BCUT2D eigenvalue weighted by Crippen LogP contribution is 2.42. The van der Waals surface area contributed by atoms with Crippen molar-refractivity contribution in [1.82, 2.24) is 0 Å². The van der Waals surface area contributed by atoms with Crippen molar-refractivity contribution < 1.29 is 0 Å². The molecule has 0 aromatic rings. The molecule has 0 fully saturated rings. The van der Waals surface area contributed by atoms with Gasteiger partial charge in [-0.15, -0.1) is 0 Å². The van der Waals surface area contributed by atoms with Gasteiger partial charge in [-0.25, -0.2) is 0 Å². The van der Waals surface area contributed by atoms with Crippen molar-refractivity contribution >= 4 is 8.07 Å². The molecule has 0 saturated heterocycles. The zero-order valence-corrected chi connectivity index (χ0v) is 9.94. The van der Waals surface area contributed by atoms with Crippen molar-refractivity contribution in [2.24, 2.45) is 0 Å². The Bertz CT molecular complexity index is 226. The lowest BCUT2D eigenvalue weighted by atomic mass is 10.2. The van der Waals surface area contributed by atoms with Gasteiger partial charge < -0.3 is 0 Å². The summed E-state index contributed by atoms with van der Waals surface area (Å²) in [5.74, 6) is 0. The third-order valence-electron chi connectivity index (χ3n) is 3.45. The van der Waals surface area contributed by atoms with E-state index in [1.165, 1.54) is 6.42 Å². The Labute approximate surface area is 77.4 Å². The number of allylic oxidation sites excluding steroid dienone is 4. The molecule has 0 spiro atoms. The first kappa shape index (κ1) is 9.78. The van der Waals surface area contributed by atoms with Crippen LogP contribution in [0.3, 0.4) is 0 Å². The molecule has 0 nitrogen and oxygen atoms in total. The summed E-state index contributed by atoms with van der Waals surface area (Å²) >= 11 is 0. The molecule has 12 heavy (non-hydrogen) atoms. The van der Waals surface area contributed by atoms with E-state index in [9.17, 15) is 0 Å². The van der Waals surface area contributed by atoms with Crippen LogP contribution in [-0.2, 0) is 0 Å². The minimum atomic E-state index is -1.17. The second-order valence-electron chi connectivity index (χ2n) is 5.20. The third kappa shape index (κ3) is 1.56. The first-order valence-corrected chi connectivity index (χ1v) is 7.72. The molecule has 0 radical (unpaired) electrons. The summed E-state index contributed by atoms with van der Waals surface area (Å²) in [6.07, 6.45) is 8.01. The molecule has 0 aromatic heterocycles. The third-order valence-corrected chi connectivity index (χ3v) is 9.18. The fraction of sp³-hybridized carbons (Fsp3) is 0.636. The van der Waals surface area contributed by atoms with Gasteiger partial charge in [0.15, 0.2) is 0 Å². The maximum absolute atomic E-state index is 2.48. The van der Waals surface area contributed by atoms with Gasteiger partial charge in [-0.2, -0.15) is 0 Å². The van der Waals surface area contributed by atoms with Crippen LogP contribution < -0.4 is 0 Å². The summed E-state index contributed by atoms with van der Waals surface area (Å²) in [4.78, 5) is 0. The van der Waals surface area contributed by atoms with Crippen LogP contribution in [-0.4, -0.2) is 8.07 Å². The van der Waals surface area contributed by atoms with E-state index in [0.29, 0.717) is 5.04 Å². The summed E-state index contributed by atoms with van der Waals surface area (Å²) in [5, 5.41) is 2.19. The van der Waals surface area contributed by atoms with Crippen LogP contribution in [0.15, 0.2) is 23.4 Å². The van der Waals surface area contributed by atoms with Gasteiger partial charge in [0.2, 0.25) is 0 Å². The van der Waals surface area contributed by atoms with Crippen LogP contribution in [0.1, 0.15) is 27.2 Å². The molecule has 0 aliphatic heterocycles. The van der Waals surface area contributed by atoms with Crippen LogP contribution in [0.4, 0.5) is 0 Å². The monoisotopic (exact) mass is 180 g/mol. The van der Waals surface area contributed by atoms with E-state index >= 15 is 0 Å². The largest absolute Gasteiger partial charge is 0.0811 e. The summed E-state index contributed by atoms with van der Waals surface area (Å²) in [6, 6.07) is 0. The van der Waals surface area contributed by atoms with Crippen LogP contribution >= 0.6 is 0 Å². The van der Waals surface area contributed by atoms with E-state index in [0.717, 1.165) is 0 Å². The second kappa shape index (κ2) is 2.88. The van der Waals surface area contributed by atoms with Gasteiger partial charge in [0.05, 0.1) is 8.07 Å². The van der Waals surface area contributed by atoms with Gasteiger partial charge in [0.25, 0.3) is 0 Å². The molecule has 0 amide bonds. The normalized spacial score (nSPS) is 18.2. The smallest absolute Gasteiger partial charge is 0.0809 e. The van der Waals surface area contributed by atoms with E-state index in [1.54, 1.807) is 5.20 Å². The molecule has 0 heterocycles. The SMILES string of the molecule is CC(C)(C)[Si](C)(C)C1=CC=CC1. The molecule has 0 saturated carbocycles. The fourth-order valence-electron chi connectivity index (χ4n) is 1.39. The van der Waals surface area contributed by atoms with Gasteiger partial charge in [-0.3, -0.25) is 0 Å². The van der Waals surface area contributed by atoms with Gasteiger partial charge >= 0.3 is 0 Å². The van der Waals surface area contributed by atoms with E-state index in [2.05, 4.69) is 52.1 Å². The van der Waals surface area contributed by atoms with Crippen molar-refractivity contribution in [1.29, 1.82) is 0 Å². The molecule has 1 rings (SSSR count). The lowest BCUT2D eigenvalue weighted by Gasteiger charge is -2.38. The summed E-state index contributed by atoms with van der Waals surface area (Å²) in [6.45, 7) is 12.1. The van der Waals surface area contributed by atoms with E-state index < -0.39 is 8.07 Å². The second-order valence-corrected chi connectivity index (χ2v) is 10.6. The average molecular weight is 180 g/mol. The number of hydrogen-bond acceptors (Lipinski definition) is 0. The van der Waals surface area contributed by atoms with Crippen molar-refractivity contribution in [2.75, 3.05) is 0 Å². The molecule has 0 bridgehead atoms. The standard InChI is InChI=1S/C11H20Si/c1-11(2,3)12(4,5)10-8-6-7-9-10/h6-8H,9H2,1-5H3. The Morgan fingerprint density at radius 2 is 1.83 bits per heavy atom. The molecular weight excluding hydrogens is 160 g/mol. The molecule has 68 valence electrons. The van der Waals surface area contributed by atoms with Gasteiger partial charge in [0, 0.05) is 0 Å². The topological polar surface area (TPSA) is 0 Å². The molecule has 1 aliphatic rings. The lowest BCUT2D eigenvalue weighted by molar-refractivity contribution is 0.723. The highest BCUT2D eigenvalue weighted by Gasteiger charge is 2.37. The molecule has 0 N–H and O–H groups in total. The van der Waals surface area contributed by atoms with Gasteiger partial charge in [-0.05, 0) is 11.5 Å². The minimum Gasteiger partial charge on any atom is -0.0809 e. The Kier molecular flexibility index (Phi) is 2.35. The number of rotatable bonds is 1. The van der Waals surface area contributed by atoms with E-state index in [1.807, 2.05) is 0 Å². The summed E-state index contributed by atoms with van der Waals surface area (Å²) < 4.78 is 0. The van der Waals surface area contributed by atoms with Crippen molar-refractivity contribution in [3.8, 4) is 0 Å². The van der Waals surface area contributed by atoms with Crippen molar-refractivity contribution in [2.45, 2.75) is 45.3 Å². The Morgan fingerprint density at radius 1 is 1.25 bits per heavy atom. The first-order valence-electron chi connectivity index (χ1n) is 4.72. The van der Waals surface area contributed by atoms with Crippen LogP contribution in [0, 0.1) is 0 Å². The quantitative estimate of drug-likeness (QED) is 0.537. The van der Waals surface area contributed by atoms with Crippen molar-refractivity contribution in [3.63, 3.8) is 0 Å². The lowest BCUT2D eigenvalue weighted by Crippen LogP contribution is -2.39. The van der Waals surface area contributed by atoms with E-state index in [-0.39, 0.29) is 0 Å².